The van der Waals surface area contributed by atoms with Crippen LogP contribution in [0, 0.1) is 0 Å². The minimum absolute atomic E-state index is 0.0737. The Labute approximate surface area is 108 Å². The van der Waals surface area contributed by atoms with Gasteiger partial charge in [0.15, 0.2) is 5.79 Å². The molecule has 0 saturated carbocycles. The molecule has 0 bridgehead atoms. The first-order valence-electron chi connectivity index (χ1n) is 6.45. The highest BCUT2D eigenvalue weighted by Gasteiger charge is 2.32. The van der Waals surface area contributed by atoms with Crippen LogP contribution in [0.25, 0.3) is 0 Å². The molecule has 1 aliphatic heterocycles. The highest BCUT2D eigenvalue weighted by molar-refractivity contribution is 5.34. The van der Waals surface area contributed by atoms with Crippen LogP contribution in [0.2, 0.25) is 0 Å². The number of rotatable bonds is 5. The average Bonchev–Trinajstić information content (AvgIpc) is 2.68. The molecule has 0 aromatic carbocycles. The molecule has 100 valence electrons. The van der Waals surface area contributed by atoms with Crippen LogP contribution in [-0.2, 0) is 15.9 Å². The zero-order valence-corrected chi connectivity index (χ0v) is 11.3. The Morgan fingerprint density at radius 2 is 2.28 bits per heavy atom. The maximum absolute atomic E-state index is 5.72. The van der Waals surface area contributed by atoms with Crippen molar-refractivity contribution in [2.45, 2.75) is 45.5 Å². The molecular formula is C13H21N3O2. The number of aryl methyl sites for hydroxylation is 1. The highest BCUT2D eigenvalue weighted by Crippen LogP contribution is 2.22. The minimum atomic E-state index is -0.467. The Kier molecular flexibility index (Phi) is 4.14. The molecule has 18 heavy (non-hydrogen) atoms. The van der Waals surface area contributed by atoms with Gasteiger partial charge in [0.1, 0.15) is 18.2 Å². The molecule has 0 spiro atoms. The van der Waals surface area contributed by atoms with Crippen LogP contribution in [0.4, 0.5) is 5.82 Å². The van der Waals surface area contributed by atoms with Gasteiger partial charge in [-0.15, -0.1) is 0 Å². The quantitative estimate of drug-likeness (QED) is 0.867. The number of hydrogen-bond donors (Lipinski definition) is 1. The first-order chi connectivity index (χ1) is 8.59. The van der Waals surface area contributed by atoms with Crippen molar-refractivity contribution in [3.05, 3.63) is 18.1 Å². The van der Waals surface area contributed by atoms with Gasteiger partial charge in [-0.2, -0.15) is 0 Å². The van der Waals surface area contributed by atoms with Gasteiger partial charge in [-0.25, -0.2) is 9.97 Å². The number of nitrogens with zero attached hydrogens (tertiary/aromatic N) is 2. The van der Waals surface area contributed by atoms with Gasteiger partial charge in [-0.3, -0.25) is 0 Å². The van der Waals surface area contributed by atoms with E-state index in [2.05, 4.69) is 22.2 Å². The monoisotopic (exact) mass is 251 g/mol. The van der Waals surface area contributed by atoms with Crippen LogP contribution in [0.5, 0.6) is 0 Å². The molecule has 2 rings (SSSR count). The summed E-state index contributed by atoms with van der Waals surface area (Å²) >= 11 is 0. The van der Waals surface area contributed by atoms with Gasteiger partial charge in [0, 0.05) is 18.3 Å². The first-order valence-corrected chi connectivity index (χ1v) is 6.45. The van der Waals surface area contributed by atoms with E-state index in [9.17, 15) is 0 Å². The van der Waals surface area contributed by atoms with Crippen molar-refractivity contribution >= 4 is 5.82 Å². The largest absolute Gasteiger partial charge is 0.367 e. The van der Waals surface area contributed by atoms with Crippen LogP contribution in [0.1, 0.15) is 32.9 Å². The summed E-state index contributed by atoms with van der Waals surface area (Å²) in [4.78, 5) is 8.43. The fourth-order valence-corrected chi connectivity index (χ4v) is 1.97. The molecule has 1 N–H and O–H groups in total. The molecule has 5 nitrogen and oxygen atoms in total. The second kappa shape index (κ2) is 5.63. The number of hydrogen-bond acceptors (Lipinski definition) is 5. The summed E-state index contributed by atoms with van der Waals surface area (Å²) in [5.74, 6) is 0.382. The number of anilines is 1. The van der Waals surface area contributed by atoms with Crippen molar-refractivity contribution in [1.29, 1.82) is 0 Å². The van der Waals surface area contributed by atoms with Gasteiger partial charge in [0.25, 0.3) is 0 Å². The normalized spacial score (nSPS) is 22.1. The van der Waals surface area contributed by atoms with Crippen molar-refractivity contribution in [1.82, 2.24) is 9.97 Å². The summed E-state index contributed by atoms with van der Waals surface area (Å²) in [5, 5.41) is 3.27. The fraction of sp³-hybridized carbons (Fsp3) is 0.692. The predicted octanol–water partition coefficient (Wildman–Crippen LogP) is 1.99. The van der Waals surface area contributed by atoms with E-state index in [-0.39, 0.29) is 6.10 Å². The second-order valence-electron chi connectivity index (χ2n) is 4.98. The Bertz CT molecular complexity index is 396. The van der Waals surface area contributed by atoms with E-state index in [0.717, 1.165) is 24.4 Å². The maximum atomic E-state index is 5.72. The smallest absolute Gasteiger partial charge is 0.163 e. The van der Waals surface area contributed by atoms with Crippen LogP contribution in [-0.4, -0.2) is 35.0 Å². The highest BCUT2D eigenvalue weighted by atomic mass is 16.7. The third kappa shape index (κ3) is 3.65. The Balaban J connectivity index is 1.85. The van der Waals surface area contributed by atoms with E-state index in [1.807, 2.05) is 19.9 Å². The molecule has 1 aromatic heterocycles. The van der Waals surface area contributed by atoms with Crippen LogP contribution in [0.3, 0.4) is 0 Å². The lowest BCUT2D eigenvalue weighted by atomic mass is 10.2. The molecule has 0 aliphatic carbocycles. The van der Waals surface area contributed by atoms with Crippen molar-refractivity contribution in [2.75, 3.05) is 18.5 Å². The standard InChI is InChI=1S/C13H21N3O2/c1-4-5-10-6-12(16-9-15-10)14-7-11-8-17-13(2,3)18-11/h6,9,11H,4-5,7-8H2,1-3H3,(H,14,15,16). The van der Waals surface area contributed by atoms with Crippen molar-refractivity contribution in [2.24, 2.45) is 0 Å². The Morgan fingerprint density at radius 3 is 2.94 bits per heavy atom. The predicted molar refractivity (Wildman–Crippen MR) is 69.4 cm³/mol. The molecule has 1 atom stereocenters. The summed E-state index contributed by atoms with van der Waals surface area (Å²) in [5.41, 5.74) is 1.07. The van der Waals surface area contributed by atoms with Gasteiger partial charge in [0.05, 0.1) is 6.61 Å². The molecule has 5 heteroatoms. The van der Waals surface area contributed by atoms with E-state index in [1.54, 1.807) is 6.33 Å². The molecule has 1 aliphatic rings. The lowest BCUT2D eigenvalue weighted by Crippen LogP contribution is -2.26. The molecule has 1 unspecified atom stereocenters. The fourth-order valence-electron chi connectivity index (χ4n) is 1.97. The van der Waals surface area contributed by atoms with Gasteiger partial charge in [-0.1, -0.05) is 13.3 Å². The van der Waals surface area contributed by atoms with Crippen molar-refractivity contribution in [3.63, 3.8) is 0 Å². The third-order valence-electron chi connectivity index (χ3n) is 2.81. The Morgan fingerprint density at radius 1 is 1.44 bits per heavy atom. The number of aromatic nitrogens is 2. The van der Waals surface area contributed by atoms with Gasteiger partial charge >= 0.3 is 0 Å². The summed E-state index contributed by atoms with van der Waals surface area (Å²) in [7, 11) is 0. The van der Waals surface area contributed by atoms with E-state index in [0.29, 0.717) is 13.2 Å². The van der Waals surface area contributed by atoms with Crippen LogP contribution < -0.4 is 5.32 Å². The van der Waals surface area contributed by atoms with Gasteiger partial charge in [-0.05, 0) is 20.3 Å². The molecule has 1 fully saturated rings. The lowest BCUT2D eigenvalue weighted by molar-refractivity contribution is -0.136. The molecule has 0 radical (unpaired) electrons. The SMILES string of the molecule is CCCc1cc(NCC2COC(C)(C)O2)ncn1. The average molecular weight is 251 g/mol. The van der Waals surface area contributed by atoms with E-state index >= 15 is 0 Å². The first kappa shape index (κ1) is 13.2. The van der Waals surface area contributed by atoms with Gasteiger partial charge < -0.3 is 14.8 Å². The second-order valence-corrected chi connectivity index (χ2v) is 4.98. The Hall–Kier alpha value is -1.20. The molecular weight excluding hydrogens is 230 g/mol. The summed E-state index contributed by atoms with van der Waals surface area (Å²) < 4.78 is 11.2. The molecule has 0 amide bonds. The van der Waals surface area contributed by atoms with E-state index in [1.165, 1.54) is 0 Å². The molecule has 1 saturated heterocycles. The maximum Gasteiger partial charge on any atom is 0.163 e. The van der Waals surface area contributed by atoms with E-state index in [4.69, 9.17) is 9.47 Å². The minimum Gasteiger partial charge on any atom is -0.367 e. The summed E-state index contributed by atoms with van der Waals surface area (Å²) in [6, 6.07) is 1.99. The van der Waals surface area contributed by atoms with Crippen LogP contribution in [0.15, 0.2) is 12.4 Å². The van der Waals surface area contributed by atoms with Crippen molar-refractivity contribution in [3.8, 4) is 0 Å². The van der Waals surface area contributed by atoms with Gasteiger partial charge in [0.2, 0.25) is 0 Å². The summed E-state index contributed by atoms with van der Waals surface area (Å²) in [6.45, 7) is 7.31. The molecule has 2 heterocycles. The lowest BCUT2D eigenvalue weighted by Gasteiger charge is -2.17. The zero-order valence-electron chi connectivity index (χ0n) is 11.3. The topological polar surface area (TPSA) is 56.3 Å². The summed E-state index contributed by atoms with van der Waals surface area (Å²) in [6.07, 6.45) is 3.74. The van der Waals surface area contributed by atoms with E-state index < -0.39 is 5.79 Å². The molecule has 1 aromatic rings. The number of nitrogens with one attached hydrogen (secondary N) is 1. The number of ether oxygens (including phenoxy) is 2. The zero-order chi connectivity index (χ0) is 13.0. The van der Waals surface area contributed by atoms with Crippen molar-refractivity contribution < 1.29 is 9.47 Å². The third-order valence-corrected chi connectivity index (χ3v) is 2.81. The van der Waals surface area contributed by atoms with Crippen LogP contribution >= 0.6 is 0 Å².